The van der Waals surface area contributed by atoms with E-state index in [0.29, 0.717) is 0 Å². The maximum absolute atomic E-state index is 11.7. The molecule has 5 aromatic carbocycles. The zero-order chi connectivity index (χ0) is 37.4. The van der Waals surface area contributed by atoms with Crippen LogP contribution < -0.4 is 0 Å². The Morgan fingerprint density at radius 2 is 1.34 bits per heavy atom. The molecule has 277 valence electrons. The first-order valence-corrected chi connectivity index (χ1v) is 18.9. The van der Waals surface area contributed by atoms with Gasteiger partial charge >= 0.3 is 0 Å². The number of hydrogen-bond donors (Lipinski definition) is 1. The quantitative estimate of drug-likeness (QED) is 0.0645. The molecular formula is C49H54IrNO2-. The average molecular weight is 881 g/mol. The van der Waals surface area contributed by atoms with Crippen molar-refractivity contribution in [3.05, 3.63) is 138 Å². The molecule has 0 bridgehead atoms. The van der Waals surface area contributed by atoms with E-state index in [4.69, 9.17) is 4.98 Å². The van der Waals surface area contributed by atoms with Crippen LogP contribution in [0.25, 0.3) is 55.1 Å². The number of aromatic nitrogens is 1. The standard InChI is InChI=1S/C36H30N.C13H24O2.Ir/c1-24-23-37-35(22-33(24)25-16-18-29(19-17-25)36(2,3)4)28-12-9-11-26(20-28)34-21-27-10-5-6-13-30(27)31-14-7-8-15-32(31)34;1-5-10(6-2)12(14)9-13(15)11(7-3)8-4;/h5-11,13-23H,1-4H3;9-11,14H,5-8H2,1-4H3;/q-1;;/b;12-9-;. The van der Waals surface area contributed by atoms with Crippen molar-refractivity contribution in [3.8, 4) is 33.5 Å². The number of aliphatic hydroxyl groups excluding tert-OH is 1. The first kappa shape index (κ1) is 41.4. The molecule has 0 atom stereocenters. The van der Waals surface area contributed by atoms with Crippen LogP contribution in [0.15, 0.2) is 121 Å². The number of benzene rings is 5. The normalized spacial score (nSPS) is 11.8. The van der Waals surface area contributed by atoms with Crippen LogP contribution in [0.1, 0.15) is 85.3 Å². The molecule has 3 nitrogen and oxygen atoms in total. The molecular weight excluding hydrogens is 827 g/mol. The minimum absolute atomic E-state index is 0. The second-order valence-corrected chi connectivity index (χ2v) is 14.9. The molecule has 6 aromatic rings. The van der Waals surface area contributed by atoms with Crippen LogP contribution in [0.5, 0.6) is 0 Å². The van der Waals surface area contributed by atoms with Gasteiger partial charge in [-0.15, -0.1) is 35.4 Å². The van der Waals surface area contributed by atoms with E-state index in [-0.39, 0.29) is 48.9 Å². The second kappa shape index (κ2) is 18.6. The summed E-state index contributed by atoms with van der Waals surface area (Å²) in [6, 6.07) is 40.6. The SMILES string of the molecule is CCC(CC)C(=O)/C=C(\O)C(CC)CC.Cc1cnc(-c2[c-]ccc(-c3cc4ccccc4c4ccccc34)c2)cc1-c1ccc(C(C)(C)C)cc1.[Ir]. The van der Waals surface area contributed by atoms with Crippen molar-refractivity contribution >= 4 is 27.3 Å². The van der Waals surface area contributed by atoms with Gasteiger partial charge in [0.05, 0.1) is 5.76 Å². The molecule has 1 aromatic heterocycles. The molecule has 4 heteroatoms. The van der Waals surface area contributed by atoms with Gasteiger partial charge in [-0.05, 0) is 99.1 Å². The van der Waals surface area contributed by atoms with Gasteiger partial charge in [0, 0.05) is 44.2 Å². The van der Waals surface area contributed by atoms with Crippen molar-refractivity contribution < 1.29 is 30.0 Å². The molecule has 0 spiro atoms. The molecule has 0 fully saturated rings. The van der Waals surface area contributed by atoms with Gasteiger partial charge in [-0.3, -0.25) is 4.79 Å². The van der Waals surface area contributed by atoms with Crippen molar-refractivity contribution in [1.29, 1.82) is 0 Å². The molecule has 0 aliphatic heterocycles. The summed E-state index contributed by atoms with van der Waals surface area (Å²) in [7, 11) is 0. The largest absolute Gasteiger partial charge is 0.512 e. The zero-order valence-corrected chi connectivity index (χ0v) is 35.0. The van der Waals surface area contributed by atoms with E-state index in [1.54, 1.807) is 0 Å². The predicted octanol–water partition coefficient (Wildman–Crippen LogP) is 13.7. The molecule has 0 saturated heterocycles. The fourth-order valence-electron chi connectivity index (χ4n) is 6.99. The summed E-state index contributed by atoms with van der Waals surface area (Å²) in [6.07, 6.45) is 6.89. The summed E-state index contributed by atoms with van der Waals surface area (Å²) in [5, 5.41) is 14.8. The molecule has 0 aliphatic carbocycles. The van der Waals surface area contributed by atoms with E-state index < -0.39 is 0 Å². The molecule has 53 heavy (non-hydrogen) atoms. The van der Waals surface area contributed by atoms with Gasteiger partial charge < -0.3 is 10.1 Å². The van der Waals surface area contributed by atoms with Crippen LogP contribution in [0, 0.1) is 24.8 Å². The van der Waals surface area contributed by atoms with Gasteiger partial charge in [0.25, 0.3) is 0 Å². The number of fused-ring (bicyclic) bond motifs is 3. The summed E-state index contributed by atoms with van der Waals surface area (Å²) in [5.74, 6) is 0.547. The first-order chi connectivity index (χ1) is 25.0. The number of pyridine rings is 1. The van der Waals surface area contributed by atoms with Crippen LogP contribution in [0.2, 0.25) is 0 Å². The minimum atomic E-state index is 0. The van der Waals surface area contributed by atoms with Crippen LogP contribution in [-0.2, 0) is 30.3 Å². The molecule has 6 rings (SSSR count). The smallest absolute Gasteiger partial charge is 0.162 e. The van der Waals surface area contributed by atoms with E-state index in [9.17, 15) is 9.90 Å². The van der Waals surface area contributed by atoms with Crippen molar-refractivity contribution in [2.45, 2.75) is 86.5 Å². The van der Waals surface area contributed by atoms with Gasteiger partial charge in [0.2, 0.25) is 0 Å². The van der Waals surface area contributed by atoms with Gasteiger partial charge in [-0.2, -0.15) is 0 Å². The van der Waals surface area contributed by atoms with E-state index in [1.807, 2.05) is 40.0 Å². The third-order valence-electron chi connectivity index (χ3n) is 10.4. The van der Waals surface area contributed by atoms with Crippen molar-refractivity contribution in [2.75, 3.05) is 0 Å². The number of aliphatic hydroxyl groups is 1. The number of ketones is 1. The third-order valence-corrected chi connectivity index (χ3v) is 10.4. The van der Waals surface area contributed by atoms with Crippen LogP contribution >= 0.6 is 0 Å². The maximum atomic E-state index is 11.7. The molecule has 1 heterocycles. The Balaban J connectivity index is 0.000000335. The first-order valence-electron chi connectivity index (χ1n) is 18.9. The van der Waals surface area contributed by atoms with E-state index in [0.717, 1.165) is 36.9 Å². The van der Waals surface area contributed by atoms with Crippen LogP contribution in [-0.4, -0.2) is 15.9 Å². The topological polar surface area (TPSA) is 50.2 Å². The molecule has 1 N–H and O–H groups in total. The zero-order valence-electron chi connectivity index (χ0n) is 32.6. The van der Waals surface area contributed by atoms with E-state index in [2.05, 4.69) is 131 Å². The Labute approximate surface area is 331 Å². The number of nitrogens with zero attached hydrogens (tertiary/aromatic N) is 1. The Hall–Kier alpha value is -4.37. The molecule has 0 aliphatic rings. The minimum Gasteiger partial charge on any atom is -0.512 e. The van der Waals surface area contributed by atoms with Gasteiger partial charge in [-0.25, -0.2) is 0 Å². The average Bonchev–Trinajstić information content (AvgIpc) is 3.15. The van der Waals surface area contributed by atoms with Crippen LogP contribution in [0.4, 0.5) is 0 Å². The van der Waals surface area contributed by atoms with Crippen LogP contribution in [0.3, 0.4) is 0 Å². The predicted molar refractivity (Wildman–Crippen MR) is 222 cm³/mol. The second-order valence-electron chi connectivity index (χ2n) is 14.9. The number of carbonyl (C=O) groups is 1. The van der Waals surface area contributed by atoms with Crippen molar-refractivity contribution in [1.82, 2.24) is 4.98 Å². The molecule has 1 radical (unpaired) electrons. The summed E-state index contributed by atoms with van der Waals surface area (Å²) in [4.78, 5) is 16.5. The number of hydrogen-bond acceptors (Lipinski definition) is 3. The van der Waals surface area contributed by atoms with E-state index >= 15 is 0 Å². The molecule has 0 saturated carbocycles. The summed E-state index contributed by atoms with van der Waals surface area (Å²) in [5.41, 5.74) is 9.42. The maximum Gasteiger partial charge on any atom is 0.162 e. The summed E-state index contributed by atoms with van der Waals surface area (Å²) < 4.78 is 0. The molecule has 0 amide bonds. The summed E-state index contributed by atoms with van der Waals surface area (Å²) >= 11 is 0. The van der Waals surface area contributed by atoms with E-state index in [1.165, 1.54) is 61.0 Å². The Morgan fingerprint density at radius 1 is 0.736 bits per heavy atom. The third kappa shape index (κ3) is 9.79. The monoisotopic (exact) mass is 881 g/mol. The van der Waals surface area contributed by atoms with Crippen molar-refractivity contribution in [3.63, 3.8) is 0 Å². The number of aryl methyl sites for hydroxylation is 1. The number of allylic oxidation sites excluding steroid dienone is 2. The van der Waals surface area contributed by atoms with Crippen molar-refractivity contribution in [2.24, 2.45) is 11.8 Å². The Kier molecular flexibility index (Phi) is 14.5. The Morgan fingerprint density at radius 3 is 1.96 bits per heavy atom. The summed E-state index contributed by atoms with van der Waals surface area (Å²) in [6.45, 7) is 16.9. The van der Waals surface area contributed by atoms with Gasteiger partial charge in [-0.1, -0.05) is 127 Å². The Bertz CT molecular complexity index is 2170. The fourth-order valence-corrected chi connectivity index (χ4v) is 6.99. The molecule has 0 unspecified atom stereocenters. The number of rotatable bonds is 10. The number of carbonyl (C=O) groups excluding carboxylic acids is 1. The van der Waals surface area contributed by atoms with Gasteiger partial charge in [0.15, 0.2) is 5.78 Å². The fraction of sp³-hybridized carbons (Fsp3) is 0.306. The van der Waals surface area contributed by atoms with Gasteiger partial charge in [0.1, 0.15) is 0 Å².